The molecule has 1 N–H and O–H groups in total. The maximum atomic E-state index is 4.48. The Morgan fingerprint density at radius 3 is 3.42 bits per heavy atom. The molecule has 2 aliphatic rings. The maximum Gasteiger partial charge on any atom is 0.194 e. The van der Waals surface area contributed by atoms with Gasteiger partial charge in [-0.15, -0.1) is 0 Å². The van der Waals surface area contributed by atoms with E-state index in [0.29, 0.717) is 0 Å². The molecule has 0 aromatic heterocycles. The molecule has 1 saturated heterocycles. The molecule has 0 amide bonds. The molecule has 2 heterocycles. The van der Waals surface area contributed by atoms with E-state index in [1.807, 2.05) is 0 Å². The summed E-state index contributed by atoms with van der Waals surface area (Å²) >= 11 is 0. The number of fused-ring (bicyclic) bond motifs is 1. The second kappa shape index (κ2) is 3.33. The zero-order valence-corrected chi connectivity index (χ0v) is 7.71. The quantitative estimate of drug-likeness (QED) is 0.626. The molecular formula is C9H17N3. The summed E-state index contributed by atoms with van der Waals surface area (Å²) in [6, 6.07) is 0.741. The van der Waals surface area contributed by atoms with Crippen LogP contribution < -0.4 is 5.32 Å². The molecule has 12 heavy (non-hydrogen) atoms. The summed E-state index contributed by atoms with van der Waals surface area (Å²) in [7, 11) is 0. The van der Waals surface area contributed by atoms with Gasteiger partial charge >= 0.3 is 0 Å². The first kappa shape index (κ1) is 7.90. The molecule has 2 aliphatic heterocycles. The van der Waals surface area contributed by atoms with Crippen molar-refractivity contribution in [2.45, 2.75) is 32.2 Å². The third-order valence-corrected chi connectivity index (χ3v) is 2.76. The Labute approximate surface area is 73.9 Å². The molecule has 3 heteroatoms. The molecular weight excluding hydrogens is 150 g/mol. The molecule has 0 radical (unpaired) electrons. The lowest BCUT2D eigenvalue weighted by atomic mass is 10.1. The highest BCUT2D eigenvalue weighted by Crippen LogP contribution is 2.15. The minimum atomic E-state index is 0.741. The predicted octanol–water partition coefficient (Wildman–Crippen LogP) is 0.820. The Balaban J connectivity index is 2.10. The summed E-state index contributed by atoms with van der Waals surface area (Å²) in [5, 5.41) is 3.36. The molecule has 3 nitrogen and oxygen atoms in total. The molecule has 0 aromatic carbocycles. The van der Waals surface area contributed by atoms with Crippen LogP contribution in [-0.2, 0) is 0 Å². The van der Waals surface area contributed by atoms with E-state index in [0.717, 1.165) is 25.1 Å². The van der Waals surface area contributed by atoms with E-state index in [4.69, 9.17) is 0 Å². The number of rotatable bonds is 1. The second-order valence-corrected chi connectivity index (χ2v) is 3.53. The van der Waals surface area contributed by atoms with Gasteiger partial charge in [0.15, 0.2) is 5.96 Å². The summed E-state index contributed by atoms with van der Waals surface area (Å²) in [5.74, 6) is 1.15. The Morgan fingerprint density at radius 2 is 2.58 bits per heavy atom. The van der Waals surface area contributed by atoms with Gasteiger partial charge in [-0.05, 0) is 19.3 Å². The zero-order valence-electron chi connectivity index (χ0n) is 7.71. The van der Waals surface area contributed by atoms with Gasteiger partial charge < -0.3 is 10.2 Å². The Bertz CT molecular complexity index is 188. The molecule has 0 bridgehead atoms. The standard InChI is InChI=1S/C9H17N3/c1-2-8-4-6-11-9-10-5-3-7-12(8)9/h8H,2-7H2,1H3,(H,10,11). The van der Waals surface area contributed by atoms with Crippen molar-refractivity contribution in [2.75, 3.05) is 19.6 Å². The fraction of sp³-hybridized carbons (Fsp3) is 0.889. The predicted molar refractivity (Wildman–Crippen MR) is 50.3 cm³/mol. The molecule has 0 aliphatic carbocycles. The van der Waals surface area contributed by atoms with Crippen LogP contribution in [0.15, 0.2) is 4.99 Å². The number of hydrogen-bond acceptors (Lipinski definition) is 3. The van der Waals surface area contributed by atoms with Gasteiger partial charge in [0.05, 0.1) is 0 Å². The van der Waals surface area contributed by atoms with Crippen molar-refractivity contribution in [1.82, 2.24) is 10.2 Å². The first-order valence-electron chi connectivity index (χ1n) is 4.97. The average molecular weight is 167 g/mol. The average Bonchev–Trinajstić information content (AvgIpc) is 2.17. The molecule has 1 fully saturated rings. The molecule has 0 aromatic rings. The van der Waals surface area contributed by atoms with Crippen LogP contribution in [0.2, 0.25) is 0 Å². The zero-order chi connectivity index (χ0) is 8.39. The molecule has 0 saturated carbocycles. The topological polar surface area (TPSA) is 27.6 Å². The molecule has 1 atom stereocenters. The highest BCUT2D eigenvalue weighted by molar-refractivity contribution is 5.81. The second-order valence-electron chi connectivity index (χ2n) is 3.53. The van der Waals surface area contributed by atoms with Gasteiger partial charge in [0.1, 0.15) is 0 Å². The van der Waals surface area contributed by atoms with Crippen LogP contribution in [0.25, 0.3) is 0 Å². The maximum absolute atomic E-state index is 4.48. The summed E-state index contributed by atoms with van der Waals surface area (Å²) in [5.41, 5.74) is 0. The van der Waals surface area contributed by atoms with Crippen molar-refractivity contribution in [3.05, 3.63) is 0 Å². The lowest BCUT2D eigenvalue weighted by Crippen LogP contribution is -2.54. The number of nitrogens with zero attached hydrogens (tertiary/aromatic N) is 2. The van der Waals surface area contributed by atoms with Crippen LogP contribution in [0.4, 0.5) is 0 Å². The van der Waals surface area contributed by atoms with Gasteiger partial charge in [0.2, 0.25) is 0 Å². The minimum Gasteiger partial charge on any atom is -0.356 e. The van der Waals surface area contributed by atoms with Crippen molar-refractivity contribution in [1.29, 1.82) is 0 Å². The van der Waals surface area contributed by atoms with Crippen LogP contribution in [0.3, 0.4) is 0 Å². The normalized spacial score (nSPS) is 28.9. The lowest BCUT2D eigenvalue weighted by Gasteiger charge is -2.40. The number of nitrogens with one attached hydrogen (secondary N) is 1. The van der Waals surface area contributed by atoms with Crippen LogP contribution in [0.5, 0.6) is 0 Å². The third-order valence-electron chi connectivity index (χ3n) is 2.76. The number of guanidine groups is 1. The van der Waals surface area contributed by atoms with Gasteiger partial charge in [-0.1, -0.05) is 6.92 Å². The largest absolute Gasteiger partial charge is 0.356 e. The van der Waals surface area contributed by atoms with Gasteiger partial charge in [0.25, 0.3) is 0 Å². The lowest BCUT2D eigenvalue weighted by molar-refractivity contribution is 0.243. The minimum absolute atomic E-state index is 0.741. The van der Waals surface area contributed by atoms with Crippen molar-refractivity contribution in [3.8, 4) is 0 Å². The van der Waals surface area contributed by atoms with Crippen LogP contribution in [0, 0.1) is 0 Å². The number of hydrogen-bond donors (Lipinski definition) is 1. The van der Waals surface area contributed by atoms with Crippen molar-refractivity contribution >= 4 is 5.96 Å². The highest BCUT2D eigenvalue weighted by atomic mass is 15.3. The van der Waals surface area contributed by atoms with Gasteiger partial charge in [-0.25, -0.2) is 0 Å². The molecule has 0 spiro atoms. The summed E-state index contributed by atoms with van der Waals surface area (Å²) in [4.78, 5) is 6.92. The van der Waals surface area contributed by atoms with Crippen molar-refractivity contribution < 1.29 is 0 Å². The SMILES string of the molecule is CCC1CCNC2=NCCCN21. The Hall–Kier alpha value is -0.730. The van der Waals surface area contributed by atoms with Crippen molar-refractivity contribution in [3.63, 3.8) is 0 Å². The van der Waals surface area contributed by atoms with Crippen LogP contribution in [-0.4, -0.2) is 36.5 Å². The van der Waals surface area contributed by atoms with E-state index in [9.17, 15) is 0 Å². The van der Waals surface area contributed by atoms with E-state index in [-0.39, 0.29) is 0 Å². The fourth-order valence-corrected chi connectivity index (χ4v) is 2.07. The van der Waals surface area contributed by atoms with E-state index in [1.54, 1.807) is 0 Å². The third kappa shape index (κ3) is 1.28. The Kier molecular flexibility index (Phi) is 2.19. The molecule has 68 valence electrons. The van der Waals surface area contributed by atoms with E-state index in [1.165, 1.54) is 25.8 Å². The Morgan fingerprint density at radius 1 is 1.67 bits per heavy atom. The first-order chi connectivity index (χ1) is 5.92. The smallest absolute Gasteiger partial charge is 0.194 e. The van der Waals surface area contributed by atoms with E-state index in [2.05, 4.69) is 22.1 Å². The van der Waals surface area contributed by atoms with E-state index >= 15 is 0 Å². The first-order valence-corrected chi connectivity index (χ1v) is 4.97. The van der Waals surface area contributed by atoms with Gasteiger partial charge in [-0.2, -0.15) is 0 Å². The molecule has 1 unspecified atom stereocenters. The van der Waals surface area contributed by atoms with E-state index < -0.39 is 0 Å². The van der Waals surface area contributed by atoms with Gasteiger partial charge in [-0.3, -0.25) is 4.99 Å². The monoisotopic (exact) mass is 167 g/mol. The fourth-order valence-electron chi connectivity index (χ4n) is 2.07. The summed E-state index contributed by atoms with van der Waals surface area (Å²) < 4.78 is 0. The molecule has 2 rings (SSSR count). The number of aliphatic imine (C=N–C) groups is 1. The van der Waals surface area contributed by atoms with Gasteiger partial charge in [0, 0.05) is 25.7 Å². The van der Waals surface area contributed by atoms with Crippen LogP contribution >= 0.6 is 0 Å². The van der Waals surface area contributed by atoms with Crippen molar-refractivity contribution in [2.24, 2.45) is 4.99 Å². The highest BCUT2D eigenvalue weighted by Gasteiger charge is 2.25. The van der Waals surface area contributed by atoms with Crippen LogP contribution in [0.1, 0.15) is 26.2 Å². The summed E-state index contributed by atoms with van der Waals surface area (Å²) in [6.07, 6.45) is 3.75. The summed E-state index contributed by atoms with van der Waals surface area (Å²) in [6.45, 7) is 5.58.